The Hall–Kier alpha value is -3.80. The van der Waals surface area contributed by atoms with Crippen LogP contribution in [0.5, 0.6) is 17.2 Å². The van der Waals surface area contributed by atoms with E-state index in [0.29, 0.717) is 17.2 Å². The molecule has 0 aliphatic rings. The van der Waals surface area contributed by atoms with E-state index in [9.17, 15) is 18.3 Å². The number of benzene rings is 3. The molecule has 1 amide bonds. The number of carbonyl (C=O) groups is 1. The van der Waals surface area contributed by atoms with Crippen LogP contribution in [0, 0.1) is 5.92 Å². The molecule has 0 fully saturated rings. The van der Waals surface area contributed by atoms with Crippen LogP contribution in [0.4, 0.5) is 4.79 Å². The lowest BCUT2D eigenvalue weighted by atomic mass is 9.97. The van der Waals surface area contributed by atoms with Gasteiger partial charge in [0.1, 0.15) is 22.8 Å². The molecule has 45 heavy (non-hydrogen) atoms. The standard InChI is InChI=1S/C34H46N2O8S/c1-23(2)21-36(45(39,40)30-14-12-27(41-6)13-15-30)22-32(37)31(35-33(38)44-34(3,4)5)17-24-10-9-11-25(16-24)26-18-28(42-7)20-29(19-26)43-8/h9-16,18-20,23,31-32,37H,17,21-22H2,1-8H3,(H,35,38)/t31-,32+/m0/s1. The van der Waals surface area contributed by atoms with Crippen molar-refractivity contribution in [3.8, 4) is 28.4 Å². The molecule has 2 N–H and O–H groups in total. The monoisotopic (exact) mass is 642 g/mol. The van der Waals surface area contributed by atoms with Crippen LogP contribution in [-0.2, 0) is 21.2 Å². The lowest BCUT2D eigenvalue weighted by Gasteiger charge is -2.31. The molecule has 0 radical (unpaired) electrons. The van der Waals surface area contributed by atoms with Crippen molar-refractivity contribution >= 4 is 16.1 Å². The van der Waals surface area contributed by atoms with E-state index in [4.69, 9.17) is 18.9 Å². The molecule has 0 heterocycles. The summed E-state index contributed by atoms with van der Waals surface area (Å²) in [4.78, 5) is 13.0. The highest BCUT2D eigenvalue weighted by molar-refractivity contribution is 7.89. The number of methoxy groups -OCH3 is 3. The van der Waals surface area contributed by atoms with E-state index in [0.717, 1.165) is 16.7 Å². The number of amides is 1. The van der Waals surface area contributed by atoms with Crippen LogP contribution in [0.15, 0.2) is 71.6 Å². The Kier molecular flexibility index (Phi) is 12.3. The number of hydrogen-bond donors (Lipinski definition) is 2. The number of aliphatic hydroxyl groups excluding tert-OH is 1. The summed E-state index contributed by atoms with van der Waals surface area (Å²) in [6, 6.07) is 18.5. The molecule has 0 saturated carbocycles. The van der Waals surface area contributed by atoms with Gasteiger partial charge in [-0.05, 0) is 86.2 Å². The summed E-state index contributed by atoms with van der Waals surface area (Å²) in [5.41, 5.74) is 1.77. The molecule has 3 rings (SSSR count). The number of hydrogen-bond acceptors (Lipinski definition) is 8. The van der Waals surface area contributed by atoms with Crippen molar-refractivity contribution in [1.29, 1.82) is 0 Å². The fourth-order valence-electron chi connectivity index (χ4n) is 4.76. The minimum Gasteiger partial charge on any atom is -0.497 e. The second kappa shape index (κ2) is 15.5. The first-order chi connectivity index (χ1) is 21.1. The lowest BCUT2D eigenvalue weighted by Crippen LogP contribution is -2.51. The number of nitrogens with zero attached hydrogens (tertiary/aromatic N) is 1. The average molecular weight is 643 g/mol. The summed E-state index contributed by atoms with van der Waals surface area (Å²) in [7, 11) is 0.688. The quantitative estimate of drug-likeness (QED) is 0.236. The molecule has 10 nitrogen and oxygen atoms in total. The van der Waals surface area contributed by atoms with Gasteiger partial charge in [-0.1, -0.05) is 38.1 Å². The number of rotatable bonds is 14. The Morgan fingerprint density at radius 3 is 1.98 bits per heavy atom. The minimum atomic E-state index is -3.99. The van der Waals surface area contributed by atoms with Crippen molar-refractivity contribution < 1.29 is 37.3 Å². The number of alkyl carbamates (subject to hydrolysis) is 1. The maximum Gasteiger partial charge on any atom is 0.407 e. The van der Waals surface area contributed by atoms with Crippen molar-refractivity contribution in [3.05, 3.63) is 72.3 Å². The topological polar surface area (TPSA) is 124 Å². The van der Waals surface area contributed by atoms with E-state index in [1.54, 1.807) is 53.2 Å². The maximum absolute atomic E-state index is 13.7. The van der Waals surface area contributed by atoms with Gasteiger partial charge in [-0.25, -0.2) is 13.2 Å². The van der Waals surface area contributed by atoms with Crippen LogP contribution in [-0.4, -0.2) is 76.1 Å². The third-order valence-electron chi connectivity index (χ3n) is 6.89. The lowest BCUT2D eigenvalue weighted by molar-refractivity contribution is 0.0400. The van der Waals surface area contributed by atoms with Gasteiger partial charge in [0, 0.05) is 19.2 Å². The van der Waals surface area contributed by atoms with E-state index in [2.05, 4.69) is 5.32 Å². The van der Waals surface area contributed by atoms with E-state index in [1.807, 2.05) is 50.2 Å². The first-order valence-electron chi connectivity index (χ1n) is 14.8. The van der Waals surface area contributed by atoms with Gasteiger partial charge >= 0.3 is 6.09 Å². The van der Waals surface area contributed by atoms with Gasteiger partial charge in [0.05, 0.1) is 38.4 Å². The van der Waals surface area contributed by atoms with Crippen LogP contribution in [0.25, 0.3) is 11.1 Å². The van der Waals surface area contributed by atoms with Crippen molar-refractivity contribution in [2.45, 2.75) is 63.7 Å². The van der Waals surface area contributed by atoms with Crippen LogP contribution in [0.1, 0.15) is 40.2 Å². The molecule has 0 bridgehead atoms. The number of ether oxygens (including phenoxy) is 4. The number of aliphatic hydroxyl groups is 1. The molecule has 3 aromatic carbocycles. The third-order valence-corrected chi connectivity index (χ3v) is 8.74. The Labute approximate surface area is 267 Å². The summed E-state index contributed by atoms with van der Waals surface area (Å²) in [5.74, 6) is 1.77. The van der Waals surface area contributed by atoms with Gasteiger partial charge in [0.2, 0.25) is 10.0 Å². The second-order valence-electron chi connectivity index (χ2n) is 12.2. The molecule has 0 unspecified atom stereocenters. The Balaban J connectivity index is 1.95. The largest absolute Gasteiger partial charge is 0.497 e. The van der Waals surface area contributed by atoms with Crippen LogP contribution in [0.3, 0.4) is 0 Å². The van der Waals surface area contributed by atoms with Gasteiger partial charge in [-0.3, -0.25) is 0 Å². The van der Waals surface area contributed by atoms with Crippen molar-refractivity contribution in [1.82, 2.24) is 9.62 Å². The van der Waals surface area contributed by atoms with Crippen molar-refractivity contribution in [2.24, 2.45) is 5.92 Å². The smallest absolute Gasteiger partial charge is 0.407 e. The molecule has 3 aromatic rings. The zero-order valence-corrected chi connectivity index (χ0v) is 28.2. The van der Waals surface area contributed by atoms with Crippen LogP contribution >= 0.6 is 0 Å². The minimum absolute atomic E-state index is 0.0287. The van der Waals surface area contributed by atoms with Crippen molar-refractivity contribution in [3.63, 3.8) is 0 Å². The zero-order valence-electron chi connectivity index (χ0n) is 27.4. The van der Waals surface area contributed by atoms with Crippen molar-refractivity contribution in [2.75, 3.05) is 34.4 Å². The predicted octanol–water partition coefficient (Wildman–Crippen LogP) is 5.52. The normalized spacial score (nSPS) is 13.3. The van der Waals surface area contributed by atoms with Gasteiger partial charge in [0.15, 0.2) is 0 Å². The molecule has 0 aliphatic carbocycles. The van der Waals surface area contributed by atoms with E-state index < -0.39 is 33.9 Å². The highest BCUT2D eigenvalue weighted by atomic mass is 32.2. The zero-order chi connectivity index (χ0) is 33.4. The highest BCUT2D eigenvalue weighted by Gasteiger charge is 2.32. The fraction of sp³-hybridized carbons (Fsp3) is 0.441. The molecule has 0 aliphatic heterocycles. The number of carbonyl (C=O) groups excluding carboxylic acids is 1. The fourth-order valence-corrected chi connectivity index (χ4v) is 6.38. The average Bonchev–Trinajstić information content (AvgIpc) is 2.99. The summed E-state index contributed by atoms with van der Waals surface area (Å²) in [6.45, 7) is 8.95. The predicted molar refractivity (Wildman–Crippen MR) is 174 cm³/mol. The highest BCUT2D eigenvalue weighted by Crippen LogP contribution is 2.30. The molecular formula is C34H46N2O8S. The molecular weight excluding hydrogens is 596 g/mol. The molecule has 0 saturated heterocycles. The molecule has 246 valence electrons. The summed E-state index contributed by atoms with van der Waals surface area (Å²) in [6.07, 6.45) is -1.79. The van der Waals surface area contributed by atoms with Gasteiger partial charge < -0.3 is 29.4 Å². The molecule has 2 atom stereocenters. The van der Waals surface area contributed by atoms with E-state index in [1.165, 1.54) is 23.5 Å². The van der Waals surface area contributed by atoms with Crippen LogP contribution in [0.2, 0.25) is 0 Å². The van der Waals surface area contributed by atoms with E-state index in [-0.39, 0.29) is 30.3 Å². The van der Waals surface area contributed by atoms with Crippen LogP contribution < -0.4 is 19.5 Å². The SMILES string of the molecule is COc1ccc(S(=O)(=O)N(CC(C)C)C[C@@H](O)[C@H](Cc2cccc(-c3cc(OC)cc(OC)c3)c2)NC(=O)OC(C)(C)C)cc1. The van der Waals surface area contributed by atoms with Gasteiger partial charge in [-0.15, -0.1) is 0 Å². The molecule has 11 heteroatoms. The summed E-state index contributed by atoms with van der Waals surface area (Å²) >= 11 is 0. The third kappa shape index (κ3) is 10.4. The van der Waals surface area contributed by atoms with Gasteiger partial charge in [0.25, 0.3) is 0 Å². The Bertz CT molecular complexity index is 1500. The first-order valence-corrected chi connectivity index (χ1v) is 16.2. The maximum atomic E-state index is 13.7. The summed E-state index contributed by atoms with van der Waals surface area (Å²) in [5, 5.41) is 14.4. The molecule has 0 spiro atoms. The summed E-state index contributed by atoms with van der Waals surface area (Å²) < 4.78 is 50.3. The Morgan fingerprint density at radius 2 is 1.44 bits per heavy atom. The first kappa shape index (κ1) is 35.7. The number of sulfonamides is 1. The second-order valence-corrected chi connectivity index (χ2v) is 14.2. The molecule has 0 aromatic heterocycles. The Morgan fingerprint density at radius 1 is 0.844 bits per heavy atom. The van der Waals surface area contributed by atoms with E-state index >= 15 is 0 Å². The number of nitrogens with one attached hydrogen (secondary N) is 1. The van der Waals surface area contributed by atoms with Gasteiger partial charge in [-0.2, -0.15) is 4.31 Å².